The summed E-state index contributed by atoms with van der Waals surface area (Å²) < 4.78 is 0. The summed E-state index contributed by atoms with van der Waals surface area (Å²) in [7, 11) is 0. The van der Waals surface area contributed by atoms with Gasteiger partial charge in [-0.1, -0.05) is 70.4 Å². The molecule has 0 saturated heterocycles. The van der Waals surface area contributed by atoms with Crippen LogP contribution < -0.4 is 0 Å². The smallest absolute Gasteiger partial charge is 0.167 e. The number of unbranched alkanes of at least 4 members (excludes halogenated alkanes) is 1. The predicted octanol–water partition coefficient (Wildman–Crippen LogP) is 2.39. The Morgan fingerprint density at radius 3 is 2.11 bits per heavy atom. The number of hydrogen-bond acceptors (Lipinski definition) is 6. The molecule has 1 aliphatic rings. The standard InChI is InChI=1S/C22H40O6/c1-2-3-12-16-22(28,20(26)18(24)17-23)21(27)15-13-10-8-6-4-5-7-9-11-14-19(21)25/h12,16,18,20,23-24,26-28H,2-11,13-15,17H2,1H3/t18-,20-,21+,22+/m1/s1. The molecule has 1 fully saturated rings. The molecule has 1 rings (SSSR count). The molecule has 0 aromatic carbocycles. The third-order valence-electron chi connectivity index (χ3n) is 5.90. The summed E-state index contributed by atoms with van der Waals surface area (Å²) in [5.41, 5.74) is -4.57. The Balaban J connectivity index is 3.23. The Labute approximate surface area is 169 Å². The Hall–Kier alpha value is -0.790. The first-order valence-electron chi connectivity index (χ1n) is 11.0. The molecule has 6 nitrogen and oxygen atoms in total. The van der Waals surface area contributed by atoms with Crippen molar-refractivity contribution in [2.24, 2.45) is 0 Å². The van der Waals surface area contributed by atoms with Crippen LogP contribution in [0.2, 0.25) is 0 Å². The lowest BCUT2D eigenvalue weighted by molar-refractivity contribution is -0.206. The van der Waals surface area contributed by atoms with Crippen LogP contribution in [-0.2, 0) is 4.79 Å². The van der Waals surface area contributed by atoms with Gasteiger partial charge >= 0.3 is 0 Å². The number of hydrogen-bond donors (Lipinski definition) is 5. The summed E-state index contributed by atoms with van der Waals surface area (Å²) in [6.45, 7) is 1.16. The SMILES string of the molecule is CCCC=C[C@](O)([C@H](O)[C@H](O)CO)[C@]1(O)CCCCCCCCCCCC1=O. The van der Waals surface area contributed by atoms with Crippen molar-refractivity contribution in [2.45, 2.75) is 114 Å². The van der Waals surface area contributed by atoms with Gasteiger partial charge in [0.05, 0.1) is 6.61 Å². The summed E-state index contributed by atoms with van der Waals surface area (Å²) in [5.74, 6) is -0.514. The first-order chi connectivity index (χ1) is 13.3. The third kappa shape index (κ3) is 6.63. The highest BCUT2D eigenvalue weighted by Gasteiger charge is 2.57. The molecule has 1 aliphatic carbocycles. The molecule has 1 saturated carbocycles. The molecule has 0 spiro atoms. The highest BCUT2D eigenvalue weighted by Crippen LogP contribution is 2.37. The minimum absolute atomic E-state index is 0.00794. The van der Waals surface area contributed by atoms with Crippen molar-refractivity contribution >= 4 is 5.78 Å². The van der Waals surface area contributed by atoms with Crippen LogP contribution in [0.4, 0.5) is 0 Å². The van der Waals surface area contributed by atoms with Crippen molar-refractivity contribution in [3.63, 3.8) is 0 Å². The quantitative estimate of drug-likeness (QED) is 0.419. The summed E-state index contributed by atoms with van der Waals surface area (Å²) in [4.78, 5) is 13.0. The van der Waals surface area contributed by atoms with Crippen LogP contribution in [0.5, 0.6) is 0 Å². The van der Waals surface area contributed by atoms with E-state index >= 15 is 0 Å². The van der Waals surface area contributed by atoms with Gasteiger partial charge < -0.3 is 25.5 Å². The first-order valence-corrected chi connectivity index (χ1v) is 11.0. The van der Waals surface area contributed by atoms with E-state index in [1.807, 2.05) is 6.92 Å². The fourth-order valence-electron chi connectivity index (χ4n) is 3.98. The molecular weight excluding hydrogens is 360 g/mol. The first kappa shape index (κ1) is 25.2. The third-order valence-corrected chi connectivity index (χ3v) is 5.90. The lowest BCUT2D eigenvalue weighted by atomic mass is 9.70. The van der Waals surface area contributed by atoms with Gasteiger partial charge in [-0.15, -0.1) is 0 Å². The summed E-state index contributed by atoms with van der Waals surface area (Å²) in [6.07, 6.45) is 9.13. The molecule has 0 radical (unpaired) electrons. The molecule has 0 heterocycles. The van der Waals surface area contributed by atoms with Crippen LogP contribution >= 0.6 is 0 Å². The van der Waals surface area contributed by atoms with Crippen molar-refractivity contribution in [1.29, 1.82) is 0 Å². The average molecular weight is 401 g/mol. The molecule has 0 aliphatic heterocycles. The zero-order chi connectivity index (χ0) is 21.0. The van der Waals surface area contributed by atoms with Crippen molar-refractivity contribution in [2.75, 3.05) is 6.61 Å². The van der Waals surface area contributed by atoms with Crippen molar-refractivity contribution in [1.82, 2.24) is 0 Å². The second kappa shape index (κ2) is 12.7. The van der Waals surface area contributed by atoms with Crippen LogP contribution in [0.25, 0.3) is 0 Å². The van der Waals surface area contributed by atoms with Crippen LogP contribution in [0.15, 0.2) is 12.2 Å². The van der Waals surface area contributed by atoms with Gasteiger partial charge in [0, 0.05) is 6.42 Å². The number of allylic oxidation sites excluding steroid dienone is 1. The maximum atomic E-state index is 13.0. The van der Waals surface area contributed by atoms with Crippen molar-refractivity contribution in [3.8, 4) is 0 Å². The number of Topliss-reactive ketones (excluding diaryl/α,β-unsaturated/α-hetero) is 1. The lowest BCUT2D eigenvalue weighted by Crippen LogP contribution is -2.67. The Kier molecular flexibility index (Phi) is 11.5. The Morgan fingerprint density at radius 2 is 1.57 bits per heavy atom. The topological polar surface area (TPSA) is 118 Å². The van der Waals surface area contributed by atoms with Gasteiger partial charge in [0.1, 0.15) is 17.8 Å². The zero-order valence-electron chi connectivity index (χ0n) is 17.4. The van der Waals surface area contributed by atoms with E-state index in [9.17, 15) is 30.3 Å². The average Bonchev–Trinajstić information content (AvgIpc) is 2.71. The van der Waals surface area contributed by atoms with E-state index in [-0.39, 0.29) is 12.8 Å². The predicted molar refractivity (Wildman–Crippen MR) is 109 cm³/mol. The second-order valence-corrected chi connectivity index (χ2v) is 8.18. The van der Waals surface area contributed by atoms with Gasteiger partial charge in [-0.05, 0) is 25.7 Å². The van der Waals surface area contributed by atoms with Gasteiger partial charge in [0.25, 0.3) is 0 Å². The van der Waals surface area contributed by atoms with E-state index < -0.39 is 35.8 Å². The molecule has 4 atom stereocenters. The van der Waals surface area contributed by atoms with Gasteiger partial charge in [-0.25, -0.2) is 0 Å². The normalized spacial score (nSPS) is 28.0. The molecule has 0 aromatic heterocycles. The van der Waals surface area contributed by atoms with Gasteiger partial charge in [-0.2, -0.15) is 0 Å². The number of aliphatic hydroxyl groups excluding tert-OH is 3. The molecule has 0 unspecified atom stereocenters. The van der Waals surface area contributed by atoms with Crippen molar-refractivity contribution in [3.05, 3.63) is 12.2 Å². The van der Waals surface area contributed by atoms with Crippen LogP contribution in [-0.4, -0.2) is 61.3 Å². The molecule has 0 aromatic rings. The summed E-state index contributed by atoms with van der Waals surface area (Å²) in [5, 5.41) is 52.6. The summed E-state index contributed by atoms with van der Waals surface area (Å²) >= 11 is 0. The lowest BCUT2D eigenvalue weighted by Gasteiger charge is -2.45. The zero-order valence-corrected chi connectivity index (χ0v) is 17.4. The molecule has 28 heavy (non-hydrogen) atoms. The maximum Gasteiger partial charge on any atom is 0.167 e. The van der Waals surface area contributed by atoms with E-state index in [1.165, 1.54) is 12.5 Å². The van der Waals surface area contributed by atoms with Crippen LogP contribution in [0.3, 0.4) is 0 Å². The van der Waals surface area contributed by atoms with E-state index in [1.54, 1.807) is 6.08 Å². The molecule has 6 heteroatoms. The Morgan fingerprint density at radius 1 is 1.04 bits per heavy atom. The fraction of sp³-hybridized carbons (Fsp3) is 0.864. The van der Waals surface area contributed by atoms with E-state index in [2.05, 4.69) is 0 Å². The van der Waals surface area contributed by atoms with E-state index in [0.717, 1.165) is 44.9 Å². The molecule has 5 N–H and O–H groups in total. The second-order valence-electron chi connectivity index (χ2n) is 8.18. The van der Waals surface area contributed by atoms with Gasteiger partial charge in [0.2, 0.25) is 0 Å². The van der Waals surface area contributed by atoms with E-state index in [0.29, 0.717) is 19.3 Å². The van der Waals surface area contributed by atoms with Gasteiger partial charge in [0.15, 0.2) is 11.4 Å². The number of carbonyl (C=O) groups excluding carboxylic acids is 1. The molecule has 164 valence electrons. The molecular formula is C22H40O6. The number of ketones is 1. The fourth-order valence-corrected chi connectivity index (χ4v) is 3.98. The number of carbonyl (C=O) groups is 1. The maximum absolute atomic E-state index is 13.0. The molecule has 0 amide bonds. The van der Waals surface area contributed by atoms with Crippen molar-refractivity contribution < 1.29 is 30.3 Å². The number of aliphatic hydroxyl groups is 5. The number of rotatable bonds is 7. The largest absolute Gasteiger partial charge is 0.394 e. The summed E-state index contributed by atoms with van der Waals surface area (Å²) in [6, 6.07) is 0. The Bertz CT molecular complexity index is 480. The molecule has 0 bridgehead atoms. The van der Waals surface area contributed by atoms with Gasteiger partial charge in [-0.3, -0.25) is 4.79 Å². The van der Waals surface area contributed by atoms with E-state index in [4.69, 9.17) is 0 Å². The minimum Gasteiger partial charge on any atom is -0.394 e. The highest BCUT2D eigenvalue weighted by molar-refractivity contribution is 5.89. The highest BCUT2D eigenvalue weighted by atomic mass is 16.4. The van der Waals surface area contributed by atoms with Crippen LogP contribution in [0, 0.1) is 0 Å². The van der Waals surface area contributed by atoms with Crippen LogP contribution in [0.1, 0.15) is 90.4 Å². The minimum atomic E-state index is -2.36. The monoisotopic (exact) mass is 400 g/mol.